The molecule has 0 spiro atoms. The maximum atomic E-state index is 5.63. The van der Waals surface area contributed by atoms with Gasteiger partial charge in [-0.2, -0.15) is 0 Å². The maximum Gasteiger partial charge on any atom is 0.0588 e. The number of hydrogen-bond donors (Lipinski definition) is 1. The van der Waals surface area contributed by atoms with Gasteiger partial charge in [-0.3, -0.25) is 0 Å². The van der Waals surface area contributed by atoms with Gasteiger partial charge in [0.2, 0.25) is 0 Å². The first-order valence-electron chi connectivity index (χ1n) is 6.65. The Bertz CT molecular complexity index is 199. The summed E-state index contributed by atoms with van der Waals surface area (Å²) in [7, 11) is 0. The topological polar surface area (TPSA) is 21.3 Å². The lowest BCUT2D eigenvalue weighted by Crippen LogP contribution is -2.43. The Labute approximate surface area is 101 Å². The fraction of sp³-hybridized carbons (Fsp3) is 1.00. The molecular formula is C14H29NO. The summed E-state index contributed by atoms with van der Waals surface area (Å²) in [5.74, 6) is 0. The van der Waals surface area contributed by atoms with Crippen LogP contribution < -0.4 is 5.32 Å². The Morgan fingerprint density at radius 1 is 1.19 bits per heavy atom. The number of ether oxygens (including phenoxy) is 1. The van der Waals surface area contributed by atoms with Gasteiger partial charge in [-0.25, -0.2) is 0 Å². The van der Waals surface area contributed by atoms with E-state index in [0.29, 0.717) is 11.5 Å². The van der Waals surface area contributed by atoms with Crippen molar-refractivity contribution in [3.05, 3.63) is 0 Å². The Balaban J connectivity index is 2.19. The van der Waals surface area contributed by atoms with E-state index in [9.17, 15) is 0 Å². The summed E-state index contributed by atoms with van der Waals surface area (Å²) in [6.07, 6.45) is 5.37. The van der Waals surface area contributed by atoms with Crippen LogP contribution >= 0.6 is 0 Å². The third kappa shape index (κ3) is 5.86. The zero-order valence-corrected chi connectivity index (χ0v) is 11.7. The van der Waals surface area contributed by atoms with Crippen LogP contribution in [0.2, 0.25) is 0 Å². The highest BCUT2D eigenvalue weighted by Crippen LogP contribution is 2.26. The molecule has 0 bridgehead atoms. The SMILES string of the molecule is CC(C)(C)CC(C)(C)NCCC1CCCO1. The average molecular weight is 227 g/mol. The zero-order valence-electron chi connectivity index (χ0n) is 11.7. The fourth-order valence-electron chi connectivity index (χ4n) is 2.83. The molecule has 2 nitrogen and oxygen atoms in total. The van der Waals surface area contributed by atoms with E-state index in [-0.39, 0.29) is 5.54 Å². The van der Waals surface area contributed by atoms with Gasteiger partial charge in [-0.05, 0) is 51.5 Å². The normalized spacial score (nSPS) is 22.7. The van der Waals surface area contributed by atoms with Crippen LogP contribution in [-0.2, 0) is 4.74 Å². The zero-order chi connectivity index (χ0) is 12.2. The summed E-state index contributed by atoms with van der Waals surface area (Å²) < 4.78 is 5.63. The van der Waals surface area contributed by atoms with E-state index >= 15 is 0 Å². The summed E-state index contributed by atoms with van der Waals surface area (Å²) in [6.45, 7) is 13.6. The van der Waals surface area contributed by atoms with Crippen molar-refractivity contribution < 1.29 is 4.74 Å². The van der Waals surface area contributed by atoms with E-state index in [0.717, 1.165) is 19.6 Å². The molecule has 0 aromatic rings. The monoisotopic (exact) mass is 227 g/mol. The molecule has 0 aliphatic carbocycles. The van der Waals surface area contributed by atoms with Crippen LogP contribution in [0.1, 0.15) is 60.3 Å². The lowest BCUT2D eigenvalue weighted by atomic mass is 9.82. The number of nitrogens with one attached hydrogen (secondary N) is 1. The van der Waals surface area contributed by atoms with Crippen LogP contribution in [-0.4, -0.2) is 24.8 Å². The average Bonchev–Trinajstić information content (AvgIpc) is 2.51. The molecule has 1 aliphatic rings. The Kier molecular flexibility index (Phi) is 4.81. The van der Waals surface area contributed by atoms with Gasteiger partial charge in [0.05, 0.1) is 6.10 Å². The molecule has 1 saturated heterocycles. The second kappa shape index (κ2) is 5.50. The standard InChI is InChI=1S/C14H29NO/c1-13(2,3)11-14(4,5)15-9-8-12-7-6-10-16-12/h12,15H,6-11H2,1-5H3. The lowest BCUT2D eigenvalue weighted by molar-refractivity contribution is 0.101. The molecule has 1 atom stereocenters. The van der Waals surface area contributed by atoms with Crippen molar-refractivity contribution in [2.45, 2.75) is 71.9 Å². The largest absolute Gasteiger partial charge is 0.378 e. The van der Waals surface area contributed by atoms with Crippen molar-refractivity contribution in [1.29, 1.82) is 0 Å². The quantitative estimate of drug-likeness (QED) is 0.777. The summed E-state index contributed by atoms with van der Waals surface area (Å²) in [5, 5.41) is 3.66. The summed E-state index contributed by atoms with van der Waals surface area (Å²) in [5.41, 5.74) is 0.622. The van der Waals surface area contributed by atoms with Gasteiger partial charge < -0.3 is 10.1 Å². The summed E-state index contributed by atoms with van der Waals surface area (Å²) in [6, 6.07) is 0. The third-order valence-corrected chi connectivity index (χ3v) is 3.07. The van der Waals surface area contributed by atoms with Crippen LogP contribution in [0, 0.1) is 5.41 Å². The van der Waals surface area contributed by atoms with E-state index in [1.54, 1.807) is 0 Å². The van der Waals surface area contributed by atoms with Gasteiger partial charge in [0.25, 0.3) is 0 Å². The fourth-order valence-corrected chi connectivity index (χ4v) is 2.83. The summed E-state index contributed by atoms with van der Waals surface area (Å²) >= 11 is 0. The van der Waals surface area contributed by atoms with E-state index in [2.05, 4.69) is 39.9 Å². The van der Waals surface area contributed by atoms with E-state index in [1.807, 2.05) is 0 Å². The molecule has 1 aliphatic heterocycles. The van der Waals surface area contributed by atoms with Crippen molar-refractivity contribution in [3.63, 3.8) is 0 Å². The maximum absolute atomic E-state index is 5.63. The van der Waals surface area contributed by atoms with Crippen LogP contribution in [0.15, 0.2) is 0 Å². The van der Waals surface area contributed by atoms with Gasteiger partial charge in [0.15, 0.2) is 0 Å². The molecule has 1 N–H and O–H groups in total. The highest BCUT2D eigenvalue weighted by molar-refractivity contribution is 4.83. The minimum atomic E-state index is 0.233. The van der Waals surface area contributed by atoms with Gasteiger partial charge >= 0.3 is 0 Å². The van der Waals surface area contributed by atoms with E-state index in [4.69, 9.17) is 4.74 Å². The molecule has 1 heterocycles. The molecule has 0 saturated carbocycles. The second-order valence-electron chi connectivity index (χ2n) is 6.97. The van der Waals surface area contributed by atoms with Crippen LogP contribution in [0.4, 0.5) is 0 Å². The van der Waals surface area contributed by atoms with Crippen molar-refractivity contribution in [2.24, 2.45) is 5.41 Å². The lowest BCUT2D eigenvalue weighted by Gasteiger charge is -2.33. The predicted molar refractivity (Wildman–Crippen MR) is 69.7 cm³/mol. The van der Waals surface area contributed by atoms with Gasteiger partial charge in [0.1, 0.15) is 0 Å². The molecule has 16 heavy (non-hydrogen) atoms. The van der Waals surface area contributed by atoms with Crippen molar-refractivity contribution in [3.8, 4) is 0 Å². The first kappa shape index (κ1) is 14.0. The smallest absolute Gasteiger partial charge is 0.0588 e. The van der Waals surface area contributed by atoms with Gasteiger partial charge in [-0.15, -0.1) is 0 Å². The van der Waals surface area contributed by atoms with Gasteiger partial charge in [-0.1, -0.05) is 20.8 Å². The molecule has 0 radical (unpaired) electrons. The molecule has 0 aromatic heterocycles. The molecule has 1 rings (SSSR count). The highest BCUT2D eigenvalue weighted by Gasteiger charge is 2.25. The van der Waals surface area contributed by atoms with Gasteiger partial charge in [0, 0.05) is 12.1 Å². The first-order chi connectivity index (χ1) is 7.29. The first-order valence-corrected chi connectivity index (χ1v) is 6.65. The number of hydrogen-bond acceptors (Lipinski definition) is 2. The van der Waals surface area contributed by atoms with E-state index in [1.165, 1.54) is 19.3 Å². The third-order valence-electron chi connectivity index (χ3n) is 3.07. The molecular weight excluding hydrogens is 198 g/mol. The van der Waals surface area contributed by atoms with E-state index < -0.39 is 0 Å². The Morgan fingerprint density at radius 3 is 2.38 bits per heavy atom. The number of rotatable bonds is 5. The van der Waals surface area contributed by atoms with Crippen molar-refractivity contribution in [1.82, 2.24) is 5.32 Å². The highest BCUT2D eigenvalue weighted by atomic mass is 16.5. The Hall–Kier alpha value is -0.0800. The molecule has 1 unspecified atom stereocenters. The van der Waals surface area contributed by atoms with Crippen LogP contribution in [0.5, 0.6) is 0 Å². The Morgan fingerprint density at radius 2 is 1.88 bits per heavy atom. The minimum Gasteiger partial charge on any atom is -0.378 e. The second-order valence-corrected chi connectivity index (χ2v) is 6.97. The van der Waals surface area contributed by atoms with Crippen molar-refractivity contribution in [2.75, 3.05) is 13.2 Å². The van der Waals surface area contributed by atoms with Crippen LogP contribution in [0.25, 0.3) is 0 Å². The summed E-state index contributed by atoms with van der Waals surface area (Å²) in [4.78, 5) is 0. The van der Waals surface area contributed by atoms with Crippen LogP contribution in [0.3, 0.4) is 0 Å². The van der Waals surface area contributed by atoms with Crippen molar-refractivity contribution >= 4 is 0 Å². The minimum absolute atomic E-state index is 0.233. The molecule has 1 fully saturated rings. The predicted octanol–water partition coefficient (Wildman–Crippen LogP) is 3.36. The molecule has 2 heteroatoms. The molecule has 0 aromatic carbocycles. The molecule has 0 amide bonds. The molecule has 96 valence electrons.